The van der Waals surface area contributed by atoms with Crippen molar-refractivity contribution in [2.45, 2.75) is 19.4 Å². The van der Waals surface area contributed by atoms with Gasteiger partial charge in [-0.15, -0.1) is 0 Å². The van der Waals surface area contributed by atoms with E-state index in [4.69, 9.17) is 5.11 Å². The summed E-state index contributed by atoms with van der Waals surface area (Å²) in [6.45, 7) is 1.97. The molecule has 1 aliphatic rings. The highest BCUT2D eigenvalue weighted by Gasteiger charge is 2.21. The number of carbonyl (C=O) groups is 1. The number of anilines is 1. The Kier molecular flexibility index (Phi) is 3.62. The van der Waals surface area contributed by atoms with Gasteiger partial charge in [0.05, 0.1) is 5.56 Å². The Labute approximate surface area is 106 Å². The highest BCUT2D eigenvalue weighted by atomic mass is 32.2. The summed E-state index contributed by atoms with van der Waals surface area (Å²) in [4.78, 5) is 13.2. The van der Waals surface area contributed by atoms with Crippen LogP contribution in [0.3, 0.4) is 0 Å². The number of rotatable bonds is 3. The van der Waals surface area contributed by atoms with E-state index in [9.17, 15) is 4.79 Å². The van der Waals surface area contributed by atoms with Gasteiger partial charge in [-0.05, 0) is 42.9 Å². The molecule has 0 saturated carbocycles. The molecule has 1 aliphatic heterocycles. The second-order valence-corrected chi connectivity index (χ2v) is 5.58. The van der Waals surface area contributed by atoms with E-state index in [1.165, 1.54) is 12.2 Å². The highest BCUT2D eigenvalue weighted by molar-refractivity contribution is 7.99. The zero-order valence-corrected chi connectivity index (χ0v) is 11.0. The van der Waals surface area contributed by atoms with E-state index in [0.29, 0.717) is 11.6 Å². The molecule has 2 rings (SSSR count). The molecular weight excluding hydrogens is 234 g/mol. The summed E-state index contributed by atoms with van der Waals surface area (Å²) in [6, 6.07) is 5.93. The van der Waals surface area contributed by atoms with Crippen LogP contribution in [0.25, 0.3) is 0 Å². The van der Waals surface area contributed by atoms with Crippen molar-refractivity contribution in [1.82, 2.24) is 0 Å². The average molecular weight is 251 g/mol. The van der Waals surface area contributed by atoms with Crippen LogP contribution in [0.1, 0.15) is 22.3 Å². The molecule has 0 spiro atoms. The Hall–Kier alpha value is -1.16. The largest absolute Gasteiger partial charge is 0.478 e. The Bertz CT molecular complexity index is 427. The maximum Gasteiger partial charge on any atom is 0.335 e. The van der Waals surface area contributed by atoms with Crippen molar-refractivity contribution in [2.75, 3.05) is 23.5 Å². The highest BCUT2D eigenvalue weighted by Crippen LogP contribution is 2.28. The van der Waals surface area contributed by atoms with Gasteiger partial charge >= 0.3 is 5.97 Å². The summed E-state index contributed by atoms with van der Waals surface area (Å²) in [5.41, 5.74) is 2.53. The number of aryl methyl sites for hydroxylation is 1. The van der Waals surface area contributed by atoms with Gasteiger partial charge in [-0.2, -0.15) is 11.8 Å². The first kappa shape index (κ1) is 12.3. The quantitative estimate of drug-likeness (QED) is 0.896. The number of hydrogen-bond donors (Lipinski definition) is 1. The van der Waals surface area contributed by atoms with Gasteiger partial charge in [-0.25, -0.2) is 4.79 Å². The fourth-order valence-electron chi connectivity index (χ4n) is 2.21. The van der Waals surface area contributed by atoms with Crippen molar-refractivity contribution in [3.05, 3.63) is 29.3 Å². The Morgan fingerprint density at radius 1 is 1.53 bits per heavy atom. The van der Waals surface area contributed by atoms with Crippen LogP contribution in [0.4, 0.5) is 5.69 Å². The first-order chi connectivity index (χ1) is 8.09. The van der Waals surface area contributed by atoms with Gasteiger partial charge in [-0.3, -0.25) is 0 Å². The molecule has 1 aromatic rings. The molecule has 1 aromatic carbocycles. The second-order valence-electron chi connectivity index (χ2n) is 4.43. The zero-order valence-electron chi connectivity index (χ0n) is 10.1. The standard InChI is InChI=1S/C13H17NO2S/c1-9-7-10(13(15)16)3-4-12(9)14(2)11-5-6-17-8-11/h3-4,7,11H,5-6,8H2,1-2H3,(H,15,16). The molecule has 4 heteroatoms. The number of hydrogen-bond acceptors (Lipinski definition) is 3. The third-order valence-electron chi connectivity index (χ3n) is 3.28. The van der Waals surface area contributed by atoms with Gasteiger partial charge < -0.3 is 10.0 Å². The molecule has 3 nitrogen and oxygen atoms in total. The van der Waals surface area contributed by atoms with Crippen molar-refractivity contribution < 1.29 is 9.90 Å². The predicted molar refractivity (Wildman–Crippen MR) is 72.3 cm³/mol. The van der Waals surface area contributed by atoms with E-state index in [2.05, 4.69) is 11.9 Å². The summed E-state index contributed by atoms with van der Waals surface area (Å²) in [5, 5.41) is 8.93. The van der Waals surface area contributed by atoms with Crippen molar-refractivity contribution in [3.8, 4) is 0 Å². The fraction of sp³-hybridized carbons (Fsp3) is 0.462. The molecule has 1 unspecified atom stereocenters. The molecule has 1 N–H and O–H groups in total. The smallest absolute Gasteiger partial charge is 0.335 e. The van der Waals surface area contributed by atoms with Crippen molar-refractivity contribution in [1.29, 1.82) is 0 Å². The summed E-state index contributed by atoms with van der Waals surface area (Å²) in [6.07, 6.45) is 1.21. The van der Waals surface area contributed by atoms with Gasteiger partial charge in [0.25, 0.3) is 0 Å². The van der Waals surface area contributed by atoms with E-state index in [1.807, 2.05) is 24.8 Å². The topological polar surface area (TPSA) is 40.5 Å². The predicted octanol–water partition coefficient (Wildman–Crippen LogP) is 2.63. The molecule has 1 fully saturated rings. The van der Waals surface area contributed by atoms with Crippen molar-refractivity contribution in [2.24, 2.45) is 0 Å². The van der Waals surface area contributed by atoms with Crippen LogP contribution in [0, 0.1) is 6.92 Å². The summed E-state index contributed by atoms with van der Waals surface area (Å²) < 4.78 is 0. The number of aromatic carboxylic acids is 1. The van der Waals surface area contributed by atoms with Gasteiger partial charge in [0, 0.05) is 24.5 Å². The normalized spacial score (nSPS) is 19.3. The summed E-state index contributed by atoms with van der Waals surface area (Å²) in [5.74, 6) is 1.52. The Morgan fingerprint density at radius 3 is 2.82 bits per heavy atom. The van der Waals surface area contributed by atoms with E-state index >= 15 is 0 Å². The molecule has 92 valence electrons. The molecule has 1 saturated heterocycles. The van der Waals surface area contributed by atoms with Crippen LogP contribution < -0.4 is 4.90 Å². The average Bonchev–Trinajstić information content (AvgIpc) is 2.81. The van der Waals surface area contributed by atoms with E-state index in [-0.39, 0.29) is 0 Å². The maximum atomic E-state index is 10.9. The molecule has 1 atom stereocenters. The van der Waals surface area contributed by atoms with Crippen LogP contribution in [0.5, 0.6) is 0 Å². The Morgan fingerprint density at radius 2 is 2.29 bits per heavy atom. The first-order valence-corrected chi connectivity index (χ1v) is 6.89. The van der Waals surface area contributed by atoms with E-state index in [1.54, 1.807) is 12.1 Å². The van der Waals surface area contributed by atoms with Crippen LogP contribution in [-0.2, 0) is 0 Å². The van der Waals surface area contributed by atoms with Gasteiger partial charge in [-0.1, -0.05) is 0 Å². The lowest BCUT2D eigenvalue weighted by Gasteiger charge is -2.27. The molecule has 0 bridgehead atoms. The molecule has 0 aliphatic carbocycles. The van der Waals surface area contributed by atoms with Crippen LogP contribution in [-0.4, -0.2) is 35.7 Å². The van der Waals surface area contributed by atoms with E-state index in [0.717, 1.165) is 17.0 Å². The molecule has 17 heavy (non-hydrogen) atoms. The number of nitrogens with zero attached hydrogens (tertiary/aromatic N) is 1. The van der Waals surface area contributed by atoms with Gasteiger partial charge in [0.1, 0.15) is 0 Å². The maximum absolute atomic E-state index is 10.9. The minimum absolute atomic E-state index is 0.362. The third-order valence-corrected chi connectivity index (χ3v) is 4.42. The van der Waals surface area contributed by atoms with Crippen molar-refractivity contribution in [3.63, 3.8) is 0 Å². The minimum Gasteiger partial charge on any atom is -0.478 e. The zero-order chi connectivity index (χ0) is 12.4. The van der Waals surface area contributed by atoms with E-state index < -0.39 is 5.97 Å². The third kappa shape index (κ3) is 2.57. The lowest BCUT2D eigenvalue weighted by molar-refractivity contribution is 0.0697. The van der Waals surface area contributed by atoms with Crippen LogP contribution in [0.15, 0.2) is 18.2 Å². The molecule has 1 heterocycles. The second kappa shape index (κ2) is 5.00. The SMILES string of the molecule is Cc1cc(C(=O)O)ccc1N(C)C1CCSC1. The number of carboxylic acids is 1. The lowest BCUT2D eigenvalue weighted by atomic mass is 10.1. The molecule has 0 radical (unpaired) electrons. The summed E-state index contributed by atoms with van der Waals surface area (Å²) in [7, 11) is 2.10. The van der Waals surface area contributed by atoms with Crippen LogP contribution >= 0.6 is 11.8 Å². The van der Waals surface area contributed by atoms with Gasteiger partial charge in [0.15, 0.2) is 0 Å². The van der Waals surface area contributed by atoms with Crippen molar-refractivity contribution >= 4 is 23.4 Å². The lowest BCUT2D eigenvalue weighted by Crippen LogP contribution is -2.31. The van der Waals surface area contributed by atoms with Crippen LogP contribution in [0.2, 0.25) is 0 Å². The number of thioether (sulfide) groups is 1. The molecule has 0 amide bonds. The Balaban J connectivity index is 2.23. The molecular formula is C13H17NO2S. The number of benzene rings is 1. The number of carboxylic acid groups (broad SMARTS) is 1. The molecule has 0 aromatic heterocycles. The summed E-state index contributed by atoms with van der Waals surface area (Å²) >= 11 is 1.98. The van der Waals surface area contributed by atoms with Gasteiger partial charge in [0.2, 0.25) is 0 Å². The fourth-order valence-corrected chi connectivity index (χ4v) is 3.48. The first-order valence-electron chi connectivity index (χ1n) is 5.74. The minimum atomic E-state index is -0.862. The monoisotopic (exact) mass is 251 g/mol.